The molecule has 1 aliphatic rings. The summed E-state index contributed by atoms with van der Waals surface area (Å²) in [5.41, 5.74) is 5.66. The quantitative estimate of drug-likeness (QED) is 0.683. The van der Waals surface area contributed by atoms with Crippen LogP contribution in [0, 0.1) is 5.92 Å². The van der Waals surface area contributed by atoms with Gasteiger partial charge in [0.2, 0.25) is 0 Å². The first kappa shape index (κ1) is 9.96. The van der Waals surface area contributed by atoms with Gasteiger partial charge >= 0.3 is 0 Å². The second-order valence-electron chi connectivity index (χ2n) is 3.63. The molecule has 3 nitrogen and oxygen atoms in total. The summed E-state index contributed by atoms with van der Waals surface area (Å²) in [5, 5.41) is 0. The fraction of sp³-hybridized carbons (Fsp3) is 1.00. The zero-order valence-corrected chi connectivity index (χ0v) is 7.95. The van der Waals surface area contributed by atoms with Gasteiger partial charge in [0.05, 0.1) is 19.3 Å². The molecule has 1 heterocycles. The van der Waals surface area contributed by atoms with Crippen LogP contribution in [0.25, 0.3) is 0 Å². The Kier molecular flexibility index (Phi) is 3.98. The van der Waals surface area contributed by atoms with E-state index in [9.17, 15) is 0 Å². The fourth-order valence-corrected chi connectivity index (χ4v) is 1.15. The van der Waals surface area contributed by atoms with Crippen molar-refractivity contribution in [1.29, 1.82) is 0 Å². The van der Waals surface area contributed by atoms with Crippen LogP contribution in [0.2, 0.25) is 0 Å². The molecule has 1 rings (SSSR count). The van der Waals surface area contributed by atoms with Crippen LogP contribution < -0.4 is 5.73 Å². The zero-order valence-electron chi connectivity index (χ0n) is 7.95. The van der Waals surface area contributed by atoms with Crippen molar-refractivity contribution in [1.82, 2.24) is 0 Å². The van der Waals surface area contributed by atoms with Crippen LogP contribution in [-0.4, -0.2) is 32.0 Å². The van der Waals surface area contributed by atoms with Crippen molar-refractivity contribution in [3.63, 3.8) is 0 Å². The van der Waals surface area contributed by atoms with Crippen LogP contribution in [0.3, 0.4) is 0 Å². The summed E-state index contributed by atoms with van der Waals surface area (Å²) >= 11 is 0. The molecule has 3 atom stereocenters. The lowest BCUT2D eigenvalue weighted by Gasteiger charge is -2.18. The Morgan fingerprint density at radius 1 is 1.58 bits per heavy atom. The number of ether oxygens (including phenoxy) is 2. The van der Waals surface area contributed by atoms with Gasteiger partial charge in [-0.05, 0) is 20.3 Å². The Morgan fingerprint density at radius 3 is 2.83 bits per heavy atom. The minimum atomic E-state index is 0.118. The highest BCUT2D eigenvalue weighted by Gasteiger charge is 2.17. The smallest absolute Gasteiger partial charge is 0.0695 e. The van der Waals surface area contributed by atoms with Crippen molar-refractivity contribution >= 4 is 0 Å². The van der Waals surface area contributed by atoms with E-state index in [1.54, 1.807) is 0 Å². The Labute approximate surface area is 74.2 Å². The molecule has 0 aliphatic carbocycles. The first-order valence-electron chi connectivity index (χ1n) is 4.65. The second-order valence-corrected chi connectivity index (χ2v) is 3.63. The first-order valence-corrected chi connectivity index (χ1v) is 4.65. The van der Waals surface area contributed by atoms with E-state index in [0.717, 1.165) is 26.2 Å². The molecule has 0 saturated carbocycles. The maximum atomic E-state index is 5.66. The van der Waals surface area contributed by atoms with Crippen molar-refractivity contribution in [2.24, 2.45) is 11.7 Å². The summed E-state index contributed by atoms with van der Waals surface area (Å²) in [6, 6.07) is 0.118. The minimum Gasteiger partial charge on any atom is -0.381 e. The van der Waals surface area contributed by atoms with Crippen LogP contribution in [0.5, 0.6) is 0 Å². The molecule has 0 spiro atoms. The zero-order chi connectivity index (χ0) is 8.97. The Balaban J connectivity index is 2.07. The molecule has 2 N–H and O–H groups in total. The first-order chi connectivity index (χ1) is 5.70. The van der Waals surface area contributed by atoms with Gasteiger partial charge in [-0.25, -0.2) is 0 Å². The summed E-state index contributed by atoms with van der Waals surface area (Å²) in [7, 11) is 0. The monoisotopic (exact) mass is 173 g/mol. The summed E-state index contributed by atoms with van der Waals surface area (Å²) in [6.45, 7) is 6.52. The van der Waals surface area contributed by atoms with Crippen LogP contribution in [-0.2, 0) is 9.47 Å². The summed E-state index contributed by atoms with van der Waals surface area (Å²) in [4.78, 5) is 0. The molecular weight excluding hydrogens is 154 g/mol. The predicted octanol–water partition coefficient (Wildman–Crippen LogP) is 0.775. The van der Waals surface area contributed by atoms with Gasteiger partial charge in [-0.1, -0.05) is 0 Å². The van der Waals surface area contributed by atoms with Gasteiger partial charge in [-0.2, -0.15) is 0 Å². The van der Waals surface area contributed by atoms with Crippen LogP contribution in [0.15, 0.2) is 0 Å². The molecule has 2 unspecified atom stereocenters. The molecule has 1 saturated heterocycles. The van der Waals surface area contributed by atoms with Crippen molar-refractivity contribution < 1.29 is 9.47 Å². The molecule has 1 aliphatic heterocycles. The average molecular weight is 173 g/mol. The third-order valence-electron chi connectivity index (χ3n) is 2.36. The molecule has 1 fully saturated rings. The highest BCUT2D eigenvalue weighted by molar-refractivity contribution is 4.67. The molecule has 0 bridgehead atoms. The Bertz CT molecular complexity index is 120. The van der Waals surface area contributed by atoms with Crippen LogP contribution >= 0.6 is 0 Å². The van der Waals surface area contributed by atoms with Gasteiger partial charge in [0, 0.05) is 18.6 Å². The SMILES string of the molecule is CC(OCC1CCOC1)[C@@H](C)N. The van der Waals surface area contributed by atoms with Crippen molar-refractivity contribution in [2.75, 3.05) is 19.8 Å². The van der Waals surface area contributed by atoms with E-state index in [1.807, 2.05) is 13.8 Å². The molecule has 0 aromatic carbocycles. The van der Waals surface area contributed by atoms with E-state index in [0.29, 0.717) is 5.92 Å². The molecule has 0 amide bonds. The fourth-order valence-electron chi connectivity index (χ4n) is 1.15. The lowest BCUT2D eigenvalue weighted by atomic mass is 10.1. The average Bonchev–Trinajstić information content (AvgIpc) is 2.51. The summed E-state index contributed by atoms with van der Waals surface area (Å²) in [5.74, 6) is 0.589. The highest BCUT2D eigenvalue weighted by atomic mass is 16.5. The van der Waals surface area contributed by atoms with Gasteiger partial charge in [-0.15, -0.1) is 0 Å². The Morgan fingerprint density at radius 2 is 2.33 bits per heavy atom. The summed E-state index contributed by atoms with van der Waals surface area (Å²) in [6.07, 6.45) is 1.29. The lowest BCUT2D eigenvalue weighted by Crippen LogP contribution is -2.32. The molecular formula is C9H19NO2. The predicted molar refractivity (Wildman–Crippen MR) is 48.0 cm³/mol. The van der Waals surface area contributed by atoms with Crippen LogP contribution in [0.1, 0.15) is 20.3 Å². The minimum absolute atomic E-state index is 0.118. The maximum Gasteiger partial charge on any atom is 0.0695 e. The third-order valence-corrected chi connectivity index (χ3v) is 2.36. The highest BCUT2D eigenvalue weighted by Crippen LogP contribution is 2.13. The van der Waals surface area contributed by atoms with E-state index in [1.165, 1.54) is 0 Å². The van der Waals surface area contributed by atoms with Crippen molar-refractivity contribution in [3.05, 3.63) is 0 Å². The van der Waals surface area contributed by atoms with E-state index >= 15 is 0 Å². The number of hydrogen-bond donors (Lipinski definition) is 1. The molecule has 0 radical (unpaired) electrons. The maximum absolute atomic E-state index is 5.66. The number of hydrogen-bond acceptors (Lipinski definition) is 3. The lowest BCUT2D eigenvalue weighted by molar-refractivity contribution is 0.0257. The number of nitrogens with two attached hydrogens (primary N) is 1. The summed E-state index contributed by atoms with van der Waals surface area (Å²) < 4.78 is 10.8. The molecule has 12 heavy (non-hydrogen) atoms. The van der Waals surface area contributed by atoms with E-state index < -0.39 is 0 Å². The van der Waals surface area contributed by atoms with Crippen molar-refractivity contribution in [2.45, 2.75) is 32.4 Å². The van der Waals surface area contributed by atoms with E-state index in [-0.39, 0.29) is 12.1 Å². The van der Waals surface area contributed by atoms with Gasteiger partial charge in [0.25, 0.3) is 0 Å². The number of rotatable bonds is 4. The third kappa shape index (κ3) is 3.09. The van der Waals surface area contributed by atoms with Gasteiger partial charge in [0.1, 0.15) is 0 Å². The normalized spacial score (nSPS) is 28.8. The van der Waals surface area contributed by atoms with Gasteiger partial charge in [0.15, 0.2) is 0 Å². The van der Waals surface area contributed by atoms with E-state index in [4.69, 9.17) is 15.2 Å². The molecule has 0 aromatic heterocycles. The molecule has 3 heteroatoms. The topological polar surface area (TPSA) is 44.5 Å². The van der Waals surface area contributed by atoms with Crippen LogP contribution in [0.4, 0.5) is 0 Å². The standard InChI is InChI=1S/C9H19NO2/c1-7(10)8(2)12-6-9-3-4-11-5-9/h7-9H,3-6,10H2,1-2H3/t7-,8?,9?/m1/s1. The largest absolute Gasteiger partial charge is 0.381 e. The second kappa shape index (κ2) is 4.80. The molecule has 0 aromatic rings. The van der Waals surface area contributed by atoms with Crippen molar-refractivity contribution in [3.8, 4) is 0 Å². The van der Waals surface area contributed by atoms with Gasteiger partial charge < -0.3 is 15.2 Å². The Hall–Kier alpha value is -0.120. The van der Waals surface area contributed by atoms with E-state index in [2.05, 4.69) is 0 Å². The van der Waals surface area contributed by atoms with Gasteiger partial charge in [-0.3, -0.25) is 0 Å². The molecule has 72 valence electrons.